The second-order valence-electron chi connectivity index (χ2n) is 6.66. The van der Waals surface area contributed by atoms with E-state index in [1.165, 1.54) is 37.8 Å². The summed E-state index contributed by atoms with van der Waals surface area (Å²) in [6.07, 6.45) is 5.48. The summed E-state index contributed by atoms with van der Waals surface area (Å²) in [4.78, 5) is 6.93. The van der Waals surface area contributed by atoms with Crippen LogP contribution in [0.5, 0.6) is 0 Å². The molecule has 1 aromatic carbocycles. The van der Waals surface area contributed by atoms with Crippen molar-refractivity contribution in [1.82, 2.24) is 9.88 Å². The van der Waals surface area contributed by atoms with E-state index in [1.807, 2.05) is 12.1 Å². The first kappa shape index (κ1) is 17.1. The van der Waals surface area contributed by atoms with Crippen molar-refractivity contribution in [2.45, 2.75) is 31.6 Å². The van der Waals surface area contributed by atoms with Crippen molar-refractivity contribution in [2.75, 3.05) is 19.3 Å². The van der Waals surface area contributed by atoms with Crippen LogP contribution in [0.1, 0.15) is 36.9 Å². The van der Waals surface area contributed by atoms with Crippen LogP contribution < -0.4 is 0 Å². The summed E-state index contributed by atoms with van der Waals surface area (Å²) in [6, 6.07) is 12.7. The highest BCUT2D eigenvalue weighted by atomic mass is 32.2. The Hall–Kier alpha value is -1.72. The van der Waals surface area contributed by atoms with Crippen molar-refractivity contribution in [3.63, 3.8) is 0 Å². The Bertz CT molecular complexity index is 777. The van der Waals surface area contributed by atoms with Crippen LogP contribution >= 0.6 is 0 Å². The van der Waals surface area contributed by atoms with Gasteiger partial charge >= 0.3 is 0 Å². The molecule has 3 rings (SSSR count). The molecule has 128 valence electrons. The fraction of sp³-hybridized carbons (Fsp3) is 0.421. The number of hydrogen-bond acceptors (Lipinski definition) is 4. The lowest BCUT2D eigenvalue weighted by molar-refractivity contribution is 0.263. The highest BCUT2D eigenvalue weighted by molar-refractivity contribution is 7.89. The van der Waals surface area contributed by atoms with Crippen molar-refractivity contribution in [1.29, 1.82) is 0 Å². The van der Waals surface area contributed by atoms with Gasteiger partial charge in [-0.2, -0.15) is 0 Å². The lowest BCUT2D eigenvalue weighted by atomic mass is 10.0. The zero-order valence-corrected chi connectivity index (χ0v) is 15.1. The van der Waals surface area contributed by atoms with Crippen LogP contribution in [0.15, 0.2) is 42.6 Å². The number of hydrogen-bond donors (Lipinski definition) is 0. The van der Waals surface area contributed by atoms with Gasteiger partial charge in [-0.25, -0.2) is 8.42 Å². The molecule has 1 aliphatic heterocycles. The second-order valence-corrected chi connectivity index (χ2v) is 8.80. The third-order valence-electron chi connectivity index (χ3n) is 4.63. The highest BCUT2D eigenvalue weighted by Crippen LogP contribution is 2.26. The van der Waals surface area contributed by atoms with Crippen molar-refractivity contribution in [3.8, 4) is 11.3 Å². The average Bonchev–Trinajstić information content (AvgIpc) is 3.08. The van der Waals surface area contributed by atoms with Gasteiger partial charge in [-0.3, -0.25) is 9.88 Å². The predicted octanol–water partition coefficient (Wildman–Crippen LogP) is 3.45. The molecule has 0 amide bonds. The van der Waals surface area contributed by atoms with E-state index in [0.717, 1.165) is 16.8 Å². The fourth-order valence-corrected chi connectivity index (χ4v) is 4.03. The Morgan fingerprint density at radius 2 is 1.75 bits per heavy atom. The van der Waals surface area contributed by atoms with E-state index in [-0.39, 0.29) is 5.75 Å². The SMILES string of the molecule is C[C@@H](c1ccc(-c2ccc(CS(C)(=O)=O)cn2)cc1)N1CCCC1. The number of likely N-dealkylation sites (tertiary alicyclic amines) is 1. The van der Waals surface area contributed by atoms with Crippen molar-refractivity contribution in [3.05, 3.63) is 53.7 Å². The largest absolute Gasteiger partial charge is 0.297 e. The number of sulfone groups is 1. The number of rotatable bonds is 5. The Labute approximate surface area is 144 Å². The number of aromatic nitrogens is 1. The van der Waals surface area contributed by atoms with Gasteiger partial charge in [0.1, 0.15) is 0 Å². The Morgan fingerprint density at radius 1 is 1.08 bits per heavy atom. The summed E-state index contributed by atoms with van der Waals surface area (Å²) in [7, 11) is -3.02. The van der Waals surface area contributed by atoms with Gasteiger partial charge in [-0.1, -0.05) is 30.3 Å². The maximum Gasteiger partial charge on any atom is 0.151 e. The van der Waals surface area contributed by atoms with E-state index < -0.39 is 9.84 Å². The summed E-state index contributed by atoms with van der Waals surface area (Å²) in [5.41, 5.74) is 3.97. The maximum atomic E-state index is 11.3. The van der Waals surface area contributed by atoms with Gasteiger partial charge < -0.3 is 0 Å². The van der Waals surface area contributed by atoms with Crippen LogP contribution in [0.3, 0.4) is 0 Å². The minimum Gasteiger partial charge on any atom is -0.297 e. The van der Waals surface area contributed by atoms with Gasteiger partial charge in [0.25, 0.3) is 0 Å². The molecule has 1 aromatic heterocycles. The average molecular weight is 344 g/mol. The topological polar surface area (TPSA) is 50.3 Å². The van der Waals surface area contributed by atoms with E-state index in [4.69, 9.17) is 0 Å². The van der Waals surface area contributed by atoms with E-state index in [0.29, 0.717) is 6.04 Å². The fourth-order valence-electron chi connectivity index (χ4n) is 3.26. The Morgan fingerprint density at radius 3 is 2.29 bits per heavy atom. The zero-order chi connectivity index (χ0) is 17.2. The van der Waals surface area contributed by atoms with Crippen molar-refractivity contribution >= 4 is 9.84 Å². The van der Waals surface area contributed by atoms with Gasteiger partial charge in [0, 0.05) is 24.1 Å². The summed E-state index contributed by atoms with van der Waals surface area (Å²) in [6.45, 7) is 4.64. The van der Waals surface area contributed by atoms with Crippen molar-refractivity contribution in [2.24, 2.45) is 0 Å². The second kappa shape index (κ2) is 7.03. The smallest absolute Gasteiger partial charge is 0.151 e. The van der Waals surface area contributed by atoms with Crippen LogP contribution in [0.25, 0.3) is 11.3 Å². The Kier molecular flexibility index (Phi) is 5.01. The zero-order valence-electron chi connectivity index (χ0n) is 14.3. The molecule has 0 bridgehead atoms. The quantitative estimate of drug-likeness (QED) is 0.833. The summed E-state index contributed by atoms with van der Waals surface area (Å²) in [5, 5.41) is 0. The molecule has 0 radical (unpaired) electrons. The Balaban J connectivity index is 1.73. The maximum absolute atomic E-state index is 11.3. The van der Waals surface area contributed by atoms with Gasteiger partial charge in [-0.15, -0.1) is 0 Å². The van der Waals surface area contributed by atoms with Crippen molar-refractivity contribution < 1.29 is 8.42 Å². The van der Waals surface area contributed by atoms with Gasteiger partial charge in [0.05, 0.1) is 11.4 Å². The van der Waals surface area contributed by atoms with E-state index in [2.05, 4.69) is 41.1 Å². The molecule has 1 atom stereocenters. The first-order valence-corrected chi connectivity index (χ1v) is 10.5. The van der Waals surface area contributed by atoms with Gasteiger partial charge in [0.15, 0.2) is 9.84 Å². The molecule has 0 saturated carbocycles. The van der Waals surface area contributed by atoms with Gasteiger partial charge in [-0.05, 0) is 50.0 Å². The molecule has 24 heavy (non-hydrogen) atoms. The molecule has 0 N–H and O–H groups in total. The normalized spacial score (nSPS) is 17.1. The summed E-state index contributed by atoms with van der Waals surface area (Å²) < 4.78 is 22.7. The summed E-state index contributed by atoms with van der Waals surface area (Å²) in [5.74, 6) is 0.0343. The third kappa shape index (κ3) is 4.22. The molecule has 4 nitrogen and oxygen atoms in total. The molecule has 0 unspecified atom stereocenters. The van der Waals surface area contributed by atoms with E-state index in [9.17, 15) is 8.42 Å². The predicted molar refractivity (Wildman–Crippen MR) is 97.4 cm³/mol. The molecular weight excluding hydrogens is 320 g/mol. The lowest BCUT2D eigenvalue weighted by Crippen LogP contribution is -2.23. The van der Waals surface area contributed by atoms with E-state index >= 15 is 0 Å². The van der Waals surface area contributed by atoms with Gasteiger partial charge in [0.2, 0.25) is 0 Å². The standard InChI is InChI=1S/C19H24N2O2S/c1-15(21-11-3-4-12-21)17-6-8-18(9-7-17)19-10-5-16(13-20-19)14-24(2,22)23/h5-10,13,15H,3-4,11-12,14H2,1-2H3/t15-/m0/s1. The van der Waals surface area contributed by atoms with Crippen LogP contribution in [0.4, 0.5) is 0 Å². The van der Waals surface area contributed by atoms with Crippen LogP contribution in [-0.4, -0.2) is 37.6 Å². The lowest BCUT2D eigenvalue weighted by Gasteiger charge is -2.24. The van der Waals surface area contributed by atoms with Crippen LogP contribution in [-0.2, 0) is 15.6 Å². The number of pyridine rings is 1. The molecule has 1 aliphatic rings. The third-order valence-corrected chi connectivity index (χ3v) is 5.49. The minimum absolute atomic E-state index is 0.0343. The molecule has 1 fully saturated rings. The van der Waals surface area contributed by atoms with Crippen LogP contribution in [0.2, 0.25) is 0 Å². The molecule has 1 saturated heterocycles. The molecule has 0 spiro atoms. The monoisotopic (exact) mass is 344 g/mol. The molecule has 0 aliphatic carbocycles. The highest BCUT2D eigenvalue weighted by Gasteiger charge is 2.19. The first-order chi connectivity index (χ1) is 11.4. The molecule has 5 heteroatoms. The number of benzene rings is 1. The minimum atomic E-state index is -3.02. The molecular formula is C19H24N2O2S. The van der Waals surface area contributed by atoms with Crippen LogP contribution in [0, 0.1) is 0 Å². The molecule has 2 heterocycles. The molecule has 2 aromatic rings. The summed E-state index contributed by atoms with van der Waals surface area (Å²) >= 11 is 0. The number of nitrogens with zero attached hydrogens (tertiary/aromatic N) is 2. The van der Waals surface area contributed by atoms with E-state index in [1.54, 1.807) is 6.20 Å². The first-order valence-electron chi connectivity index (χ1n) is 8.39.